The number of benzene rings is 2. The molecule has 4 aromatic rings. The van der Waals surface area contributed by atoms with Crippen molar-refractivity contribution in [1.29, 1.82) is 0 Å². The van der Waals surface area contributed by atoms with E-state index in [1.807, 2.05) is 0 Å². The van der Waals surface area contributed by atoms with Crippen LogP contribution in [-0.4, -0.2) is 55.4 Å². The standard InChI is InChI=1S/C26H21F2N5O3/c1-31-21-12-20(23-17(25(31)35)3-2-4-22(23)36-26(27)28)33-19-11-15(7-8-18(19)30-24(21)33)5-6-16-13-29-32(14-16)9-10-34/h2-4,7-8,11,13-14,20-21,26,34H,9-10,12H2,1H3/t20-,21-/m1/s1/i1D3. The van der Waals surface area contributed by atoms with Crippen LogP contribution in [0, 0.1) is 11.8 Å². The number of imidazole rings is 1. The van der Waals surface area contributed by atoms with Crippen LogP contribution in [0.2, 0.25) is 0 Å². The van der Waals surface area contributed by atoms with Crippen molar-refractivity contribution >= 4 is 16.9 Å². The molecule has 10 heteroatoms. The first-order valence-electron chi connectivity index (χ1n) is 12.7. The van der Waals surface area contributed by atoms with E-state index < -0.39 is 31.6 Å². The van der Waals surface area contributed by atoms with Gasteiger partial charge in [0.2, 0.25) is 0 Å². The fourth-order valence-corrected chi connectivity index (χ4v) is 4.98. The van der Waals surface area contributed by atoms with Gasteiger partial charge < -0.3 is 19.3 Å². The van der Waals surface area contributed by atoms with Gasteiger partial charge in [-0.3, -0.25) is 9.48 Å². The van der Waals surface area contributed by atoms with Crippen LogP contribution in [0.1, 0.15) is 55.5 Å². The molecule has 4 heterocycles. The topological polar surface area (TPSA) is 85.4 Å². The van der Waals surface area contributed by atoms with Gasteiger partial charge in [0.1, 0.15) is 11.6 Å². The molecular weight excluding hydrogens is 468 g/mol. The molecule has 2 aromatic carbocycles. The lowest BCUT2D eigenvalue weighted by atomic mass is 9.97. The van der Waals surface area contributed by atoms with Crippen LogP contribution in [0.25, 0.3) is 11.0 Å². The maximum atomic E-state index is 13.5. The summed E-state index contributed by atoms with van der Waals surface area (Å²) in [6, 6.07) is 7.92. The van der Waals surface area contributed by atoms with Crippen LogP contribution in [0.5, 0.6) is 5.75 Å². The summed E-state index contributed by atoms with van der Waals surface area (Å²) in [7, 11) is 0. The molecule has 1 amide bonds. The number of carbonyl (C=O) groups excluding carboxylic acids is 1. The summed E-state index contributed by atoms with van der Waals surface area (Å²) in [5.74, 6) is 5.48. The van der Waals surface area contributed by atoms with Gasteiger partial charge in [-0.05, 0) is 30.3 Å². The van der Waals surface area contributed by atoms with E-state index in [4.69, 9.17) is 14.0 Å². The molecular formula is C26H21F2N5O3. The number of fused-ring (bicyclic) bond motifs is 9. The van der Waals surface area contributed by atoms with Gasteiger partial charge in [-0.25, -0.2) is 4.98 Å². The number of nitrogens with zero attached hydrogens (tertiary/aromatic N) is 5. The van der Waals surface area contributed by atoms with E-state index in [-0.39, 0.29) is 29.9 Å². The lowest BCUT2D eigenvalue weighted by Gasteiger charge is -2.24. The average Bonchev–Trinajstić information content (AvgIpc) is 3.54. The number of amides is 1. The zero-order valence-corrected chi connectivity index (χ0v) is 18.7. The minimum atomic E-state index is -3.13. The third kappa shape index (κ3) is 3.51. The second-order valence-electron chi connectivity index (χ2n) is 8.55. The second kappa shape index (κ2) is 8.46. The Morgan fingerprint density at radius 1 is 1.25 bits per heavy atom. The van der Waals surface area contributed by atoms with Gasteiger partial charge in [0.05, 0.1) is 48.0 Å². The molecule has 0 radical (unpaired) electrons. The summed E-state index contributed by atoms with van der Waals surface area (Å²) in [6.45, 7) is -5.62. The number of aromatic nitrogens is 4. The van der Waals surface area contributed by atoms with Crippen molar-refractivity contribution in [3.8, 4) is 17.6 Å². The lowest BCUT2D eigenvalue weighted by Crippen LogP contribution is -2.30. The maximum Gasteiger partial charge on any atom is 0.387 e. The van der Waals surface area contributed by atoms with Crippen LogP contribution in [0.3, 0.4) is 0 Å². The van der Waals surface area contributed by atoms with Crippen LogP contribution < -0.4 is 4.74 Å². The minimum absolute atomic E-state index is 0.000104. The van der Waals surface area contributed by atoms with Gasteiger partial charge in [-0.2, -0.15) is 13.9 Å². The highest BCUT2D eigenvalue weighted by Gasteiger charge is 2.45. The number of aliphatic hydroxyl groups excluding tert-OH is 1. The fraction of sp³-hybridized carbons (Fsp3) is 0.269. The maximum absolute atomic E-state index is 13.5. The molecule has 2 bridgehead atoms. The predicted molar refractivity (Wildman–Crippen MR) is 126 cm³/mol. The van der Waals surface area contributed by atoms with Crippen molar-refractivity contribution < 1.29 is 27.5 Å². The highest BCUT2D eigenvalue weighted by molar-refractivity contribution is 5.97. The number of ether oxygens (including phenoxy) is 1. The van der Waals surface area contributed by atoms with E-state index in [0.29, 0.717) is 34.5 Å². The molecule has 0 spiro atoms. The zero-order valence-electron chi connectivity index (χ0n) is 21.7. The average molecular weight is 493 g/mol. The Labute approximate surface area is 208 Å². The normalized spacial score (nSPS) is 19.7. The Bertz CT molecular complexity index is 1670. The fourth-order valence-electron chi connectivity index (χ4n) is 4.98. The highest BCUT2D eigenvalue weighted by Crippen LogP contribution is 2.49. The molecule has 36 heavy (non-hydrogen) atoms. The van der Waals surface area contributed by atoms with E-state index in [2.05, 4.69) is 21.9 Å². The lowest BCUT2D eigenvalue weighted by molar-refractivity contribution is -0.0507. The molecule has 6 rings (SSSR count). The summed E-state index contributed by atoms with van der Waals surface area (Å²) in [5, 5.41) is 13.2. The molecule has 8 nitrogen and oxygen atoms in total. The number of aliphatic hydroxyl groups is 1. The van der Waals surface area contributed by atoms with Crippen molar-refractivity contribution in [3.63, 3.8) is 0 Å². The van der Waals surface area contributed by atoms with Crippen LogP contribution in [0.4, 0.5) is 8.78 Å². The number of hydrogen-bond donors (Lipinski definition) is 1. The summed E-state index contributed by atoms with van der Waals surface area (Å²) in [4.78, 5) is 19.0. The van der Waals surface area contributed by atoms with Gasteiger partial charge in [-0.1, -0.05) is 17.9 Å². The third-order valence-corrected chi connectivity index (χ3v) is 6.46. The Morgan fingerprint density at radius 2 is 2.11 bits per heavy atom. The van der Waals surface area contributed by atoms with Crippen LogP contribution in [-0.2, 0) is 6.54 Å². The molecule has 1 N–H and O–H groups in total. The van der Waals surface area contributed by atoms with Crippen molar-refractivity contribution in [2.24, 2.45) is 0 Å². The number of rotatable bonds is 4. The summed E-state index contributed by atoms with van der Waals surface area (Å²) in [6.07, 6.45) is 3.44. The molecule has 0 saturated carbocycles. The van der Waals surface area contributed by atoms with Crippen molar-refractivity contribution in [2.75, 3.05) is 13.6 Å². The number of carbonyl (C=O) groups is 1. The van der Waals surface area contributed by atoms with Crippen molar-refractivity contribution in [1.82, 2.24) is 24.2 Å². The van der Waals surface area contributed by atoms with Gasteiger partial charge in [0, 0.05) is 40.4 Å². The predicted octanol–water partition coefficient (Wildman–Crippen LogP) is 3.35. The zero-order chi connectivity index (χ0) is 27.5. The van der Waals surface area contributed by atoms with Crippen molar-refractivity contribution in [2.45, 2.75) is 31.7 Å². The largest absolute Gasteiger partial charge is 0.434 e. The van der Waals surface area contributed by atoms with E-state index >= 15 is 0 Å². The van der Waals surface area contributed by atoms with Crippen LogP contribution >= 0.6 is 0 Å². The molecule has 0 aliphatic carbocycles. The monoisotopic (exact) mass is 492 g/mol. The molecule has 182 valence electrons. The highest BCUT2D eigenvalue weighted by atomic mass is 19.3. The number of alkyl halides is 2. The minimum Gasteiger partial charge on any atom is -0.434 e. The first-order valence-corrected chi connectivity index (χ1v) is 11.2. The molecule has 0 saturated heterocycles. The Balaban J connectivity index is 1.51. The summed E-state index contributed by atoms with van der Waals surface area (Å²) >= 11 is 0. The molecule has 2 aliphatic rings. The second-order valence-corrected chi connectivity index (χ2v) is 8.55. The van der Waals surface area contributed by atoms with E-state index in [1.54, 1.807) is 39.8 Å². The first-order chi connectivity index (χ1) is 18.7. The van der Waals surface area contributed by atoms with Gasteiger partial charge in [0.25, 0.3) is 5.91 Å². The molecule has 2 atom stereocenters. The number of hydrogen-bond acceptors (Lipinski definition) is 5. The SMILES string of the molecule is [2H]C([2H])([2H])N1C(=O)c2cccc(OC(F)F)c2[C@H]2C[C@@H]1c1nc3ccc(C#Cc4cnn(CCO)c4)cc3n12. The quantitative estimate of drug-likeness (QED) is 0.442. The van der Waals surface area contributed by atoms with E-state index in [9.17, 15) is 13.6 Å². The Morgan fingerprint density at radius 3 is 2.92 bits per heavy atom. The summed E-state index contributed by atoms with van der Waals surface area (Å²) < 4.78 is 59.2. The molecule has 0 unspecified atom stereocenters. The number of halogens is 2. The first kappa shape index (κ1) is 19.0. The Hall–Kier alpha value is -4.23. The Kier molecular flexibility index (Phi) is 4.47. The van der Waals surface area contributed by atoms with Gasteiger partial charge in [0.15, 0.2) is 0 Å². The third-order valence-electron chi connectivity index (χ3n) is 6.46. The van der Waals surface area contributed by atoms with Gasteiger partial charge >= 0.3 is 6.61 Å². The van der Waals surface area contributed by atoms with E-state index in [0.717, 1.165) is 4.90 Å². The summed E-state index contributed by atoms with van der Waals surface area (Å²) in [5.41, 5.74) is 2.67. The van der Waals surface area contributed by atoms with Crippen LogP contribution in [0.15, 0.2) is 48.8 Å². The smallest absolute Gasteiger partial charge is 0.387 e. The van der Waals surface area contributed by atoms with Crippen molar-refractivity contribution in [3.05, 3.63) is 76.9 Å². The molecule has 2 aromatic heterocycles. The molecule has 2 aliphatic heterocycles. The van der Waals surface area contributed by atoms with Gasteiger partial charge in [-0.15, -0.1) is 0 Å². The van der Waals surface area contributed by atoms with E-state index in [1.165, 1.54) is 18.2 Å². The molecule has 0 fully saturated rings.